The van der Waals surface area contributed by atoms with E-state index in [1.165, 1.54) is 0 Å². The summed E-state index contributed by atoms with van der Waals surface area (Å²) in [7, 11) is -0.965. The maximum atomic E-state index is 12.7. The lowest BCUT2D eigenvalue weighted by molar-refractivity contribution is 0.570. The second-order valence-corrected chi connectivity index (χ2v) is 7.04. The minimum atomic E-state index is -0.965. The zero-order valence-corrected chi connectivity index (χ0v) is 12.9. The molecular weight excluding hydrogens is 276 g/mol. The Hall–Kier alpha value is -0.810. The normalized spacial score (nSPS) is 26.9. The average Bonchev–Trinajstić information content (AvgIpc) is 2.46. The molecule has 1 aliphatic rings. The maximum absolute atomic E-state index is 12.7. The van der Waals surface area contributed by atoms with Gasteiger partial charge in [0.05, 0.1) is 4.99 Å². The van der Waals surface area contributed by atoms with Crippen LogP contribution in [0.15, 0.2) is 24.5 Å². The Labute approximate surface area is 122 Å². The van der Waals surface area contributed by atoms with E-state index in [9.17, 15) is 4.21 Å². The van der Waals surface area contributed by atoms with Crippen molar-refractivity contribution in [3.63, 3.8) is 0 Å². The predicted octanol–water partition coefficient (Wildman–Crippen LogP) is 2.54. The fraction of sp³-hybridized carbons (Fsp3) is 0.571. The van der Waals surface area contributed by atoms with Gasteiger partial charge >= 0.3 is 0 Å². The SMILES string of the molecule is CCCNC(=S)[C@]1(c2cccnc2)CCCC[S@]1=O. The van der Waals surface area contributed by atoms with Crippen LogP contribution < -0.4 is 5.32 Å². The van der Waals surface area contributed by atoms with Crippen molar-refractivity contribution < 1.29 is 4.21 Å². The number of hydrogen-bond donors (Lipinski definition) is 1. The molecule has 1 saturated heterocycles. The highest BCUT2D eigenvalue weighted by atomic mass is 32.2. The topological polar surface area (TPSA) is 42.0 Å². The molecule has 1 aromatic rings. The highest BCUT2D eigenvalue weighted by Gasteiger charge is 2.44. The summed E-state index contributed by atoms with van der Waals surface area (Å²) < 4.78 is 12.1. The summed E-state index contributed by atoms with van der Waals surface area (Å²) in [6.45, 7) is 2.93. The Balaban J connectivity index is 2.38. The lowest BCUT2D eigenvalue weighted by Crippen LogP contribution is -2.49. The Morgan fingerprint density at radius 2 is 2.42 bits per heavy atom. The smallest absolute Gasteiger partial charge is 0.122 e. The molecule has 0 saturated carbocycles. The van der Waals surface area contributed by atoms with Crippen molar-refractivity contribution in [3.8, 4) is 0 Å². The summed E-state index contributed by atoms with van der Waals surface area (Å²) in [6, 6.07) is 3.89. The molecule has 0 unspecified atom stereocenters. The van der Waals surface area contributed by atoms with Gasteiger partial charge in [-0.05, 0) is 30.9 Å². The molecule has 2 atom stereocenters. The van der Waals surface area contributed by atoms with Gasteiger partial charge in [-0.3, -0.25) is 9.19 Å². The van der Waals surface area contributed by atoms with Gasteiger partial charge in [-0.25, -0.2) is 0 Å². The van der Waals surface area contributed by atoms with Crippen molar-refractivity contribution in [2.45, 2.75) is 37.4 Å². The van der Waals surface area contributed by atoms with Gasteiger partial charge in [-0.15, -0.1) is 0 Å². The quantitative estimate of drug-likeness (QED) is 0.867. The predicted molar refractivity (Wildman–Crippen MR) is 83.7 cm³/mol. The molecule has 3 nitrogen and oxygen atoms in total. The van der Waals surface area contributed by atoms with E-state index in [1.54, 1.807) is 6.20 Å². The number of aromatic nitrogens is 1. The summed E-state index contributed by atoms with van der Waals surface area (Å²) >= 11 is 5.58. The first-order valence-corrected chi connectivity index (χ1v) is 8.52. The number of hydrogen-bond acceptors (Lipinski definition) is 3. The third kappa shape index (κ3) is 2.87. The first-order valence-electron chi connectivity index (χ1n) is 6.79. The molecule has 1 aliphatic heterocycles. The molecule has 0 bridgehead atoms. The molecule has 0 amide bonds. The van der Waals surface area contributed by atoms with Crippen LogP contribution in [0.25, 0.3) is 0 Å². The molecule has 2 rings (SSSR count). The van der Waals surface area contributed by atoms with Crippen LogP contribution >= 0.6 is 12.2 Å². The van der Waals surface area contributed by atoms with Crippen LogP contribution in [0.3, 0.4) is 0 Å². The van der Waals surface area contributed by atoms with Crippen molar-refractivity contribution in [1.82, 2.24) is 10.3 Å². The van der Waals surface area contributed by atoms with Crippen molar-refractivity contribution >= 4 is 28.0 Å². The molecule has 0 spiro atoms. The second kappa shape index (κ2) is 6.57. The van der Waals surface area contributed by atoms with E-state index in [0.29, 0.717) is 0 Å². The standard InChI is InChI=1S/C14H20N2OS2/c1-2-8-16-13(18)14(7-3-4-10-19(14)17)12-6-5-9-15-11-12/h5-6,9,11H,2-4,7-8,10H2,1H3,(H,16,18)/t14-,19-/m1/s1. The van der Waals surface area contributed by atoms with Crippen LogP contribution in [-0.2, 0) is 15.5 Å². The summed E-state index contributed by atoms with van der Waals surface area (Å²) in [5, 5.41) is 3.28. The summed E-state index contributed by atoms with van der Waals surface area (Å²) in [5.74, 6) is 0.725. The second-order valence-electron chi connectivity index (χ2n) is 4.83. The molecule has 0 radical (unpaired) electrons. The van der Waals surface area contributed by atoms with Gasteiger partial charge < -0.3 is 5.32 Å². The lowest BCUT2D eigenvalue weighted by atomic mass is 9.92. The monoisotopic (exact) mass is 296 g/mol. The summed E-state index contributed by atoms with van der Waals surface area (Å²) in [4.78, 5) is 4.90. The highest BCUT2D eigenvalue weighted by molar-refractivity contribution is 7.90. The lowest BCUT2D eigenvalue weighted by Gasteiger charge is -2.37. The van der Waals surface area contributed by atoms with Crippen molar-refractivity contribution in [2.24, 2.45) is 0 Å². The molecule has 0 aliphatic carbocycles. The Kier molecular flexibility index (Phi) is 5.05. The van der Waals surface area contributed by atoms with E-state index in [4.69, 9.17) is 12.2 Å². The summed E-state index contributed by atoms with van der Waals surface area (Å²) in [5.41, 5.74) is 0.988. The Bertz CT molecular complexity index is 464. The van der Waals surface area contributed by atoms with E-state index in [1.807, 2.05) is 18.3 Å². The third-order valence-corrected chi connectivity index (χ3v) is 6.23. The summed E-state index contributed by atoms with van der Waals surface area (Å²) in [6.07, 6.45) is 7.49. The average molecular weight is 296 g/mol. The molecule has 5 heteroatoms. The number of pyridine rings is 1. The number of nitrogens with one attached hydrogen (secondary N) is 1. The van der Waals surface area contributed by atoms with Crippen molar-refractivity contribution in [3.05, 3.63) is 30.1 Å². The van der Waals surface area contributed by atoms with Crippen molar-refractivity contribution in [1.29, 1.82) is 0 Å². The van der Waals surface area contributed by atoms with E-state index in [0.717, 1.165) is 48.5 Å². The third-order valence-electron chi connectivity index (χ3n) is 3.53. The molecule has 104 valence electrons. The van der Waals surface area contributed by atoms with Gasteiger partial charge in [0, 0.05) is 35.5 Å². The number of nitrogens with zero attached hydrogens (tertiary/aromatic N) is 1. The van der Waals surface area contributed by atoms with Crippen LogP contribution in [0.2, 0.25) is 0 Å². The molecule has 1 aromatic heterocycles. The maximum Gasteiger partial charge on any atom is 0.122 e. The molecule has 1 fully saturated rings. The van der Waals surface area contributed by atoms with Gasteiger partial charge in [0.25, 0.3) is 0 Å². The van der Waals surface area contributed by atoms with Gasteiger partial charge in [0.2, 0.25) is 0 Å². The van der Waals surface area contributed by atoms with E-state index in [-0.39, 0.29) is 0 Å². The largest absolute Gasteiger partial charge is 0.378 e. The van der Waals surface area contributed by atoms with E-state index >= 15 is 0 Å². The minimum Gasteiger partial charge on any atom is -0.378 e. The fourth-order valence-corrected chi connectivity index (χ4v) is 4.95. The van der Waals surface area contributed by atoms with E-state index < -0.39 is 15.5 Å². The first kappa shape index (κ1) is 14.6. The van der Waals surface area contributed by atoms with Gasteiger partial charge in [0.15, 0.2) is 0 Å². The molecule has 19 heavy (non-hydrogen) atoms. The van der Waals surface area contributed by atoms with Crippen LogP contribution in [0.4, 0.5) is 0 Å². The van der Waals surface area contributed by atoms with Crippen LogP contribution in [-0.4, -0.2) is 26.5 Å². The molecular formula is C14H20N2OS2. The fourth-order valence-electron chi connectivity index (χ4n) is 2.50. The van der Waals surface area contributed by atoms with E-state index in [2.05, 4.69) is 17.2 Å². The molecule has 2 heterocycles. The van der Waals surface area contributed by atoms with Crippen LogP contribution in [0.1, 0.15) is 38.2 Å². The molecule has 1 N–H and O–H groups in total. The zero-order valence-electron chi connectivity index (χ0n) is 11.2. The zero-order chi connectivity index (χ0) is 13.7. The van der Waals surface area contributed by atoms with Gasteiger partial charge in [0.1, 0.15) is 4.75 Å². The van der Waals surface area contributed by atoms with Crippen LogP contribution in [0.5, 0.6) is 0 Å². The highest BCUT2D eigenvalue weighted by Crippen LogP contribution is 2.38. The minimum absolute atomic E-state index is 0.531. The van der Waals surface area contributed by atoms with Gasteiger partial charge in [-0.2, -0.15) is 0 Å². The van der Waals surface area contributed by atoms with Crippen molar-refractivity contribution in [2.75, 3.05) is 12.3 Å². The Morgan fingerprint density at radius 3 is 3.05 bits per heavy atom. The number of thiocarbonyl (C=S) groups is 1. The number of rotatable bonds is 4. The van der Waals surface area contributed by atoms with Gasteiger partial charge in [-0.1, -0.05) is 31.6 Å². The van der Waals surface area contributed by atoms with Crippen LogP contribution in [0, 0.1) is 0 Å². The Morgan fingerprint density at radius 1 is 1.58 bits per heavy atom. The molecule has 0 aromatic carbocycles. The first-order chi connectivity index (χ1) is 9.21.